The van der Waals surface area contributed by atoms with E-state index >= 15 is 0 Å². The topological polar surface area (TPSA) is 24.9 Å². The zero-order chi connectivity index (χ0) is 18.4. The van der Waals surface area contributed by atoms with Crippen LogP contribution in [0.1, 0.15) is 38.2 Å². The number of hydrogen-bond acceptors (Lipinski definition) is 4. The van der Waals surface area contributed by atoms with Crippen LogP contribution in [0.5, 0.6) is 5.75 Å². The molecule has 0 radical (unpaired) electrons. The molecule has 146 valence electrons. The van der Waals surface area contributed by atoms with Crippen LogP contribution >= 0.6 is 0 Å². The van der Waals surface area contributed by atoms with E-state index in [1.165, 1.54) is 31.5 Å². The maximum atomic E-state index is 6.07. The van der Waals surface area contributed by atoms with Gasteiger partial charge < -0.3 is 19.3 Å². The summed E-state index contributed by atoms with van der Waals surface area (Å²) >= 11 is 0. The molecule has 0 N–H and O–H groups in total. The molecule has 0 saturated carbocycles. The van der Waals surface area contributed by atoms with Crippen molar-refractivity contribution in [1.82, 2.24) is 9.80 Å². The highest BCUT2D eigenvalue weighted by atomic mass is 16.5. The van der Waals surface area contributed by atoms with Gasteiger partial charge in [-0.05, 0) is 70.6 Å². The lowest BCUT2D eigenvalue weighted by molar-refractivity contribution is 0.0401. The van der Waals surface area contributed by atoms with Crippen molar-refractivity contribution in [2.75, 3.05) is 60.1 Å². The number of rotatable bonds is 8. The van der Waals surface area contributed by atoms with E-state index in [0.29, 0.717) is 5.92 Å². The van der Waals surface area contributed by atoms with E-state index in [2.05, 4.69) is 55.1 Å². The minimum Gasteiger partial charge on any atom is -0.493 e. The first kappa shape index (κ1) is 19.7. The van der Waals surface area contributed by atoms with Crippen LogP contribution < -0.4 is 4.74 Å². The quantitative estimate of drug-likeness (QED) is 0.709. The Balaban J connectivity index is 1.56. The molecule has 1 atom stereocenters. The van der Waals surface area contributed by atoms with Gasteiger partial charge in [-0.2, -0.15) is 0 Å². The standard InChI is InChI=1S/C22H36N2O2/c1-19(16-24-12-4-5-13-24)17-26-21-8-6-20(7-9-21)22(18-23(2)3)10-14-25-15-11-22/h6-9,19H,4-5,10-18H2,1-3H3. The average molecular weight is 361 g/mol. The van der Waals surface area contributed by atoms with Crippen molar-refractivity contribution in [2.45, 2.75) is 38.0 Å². The second-order valence-corrected chi connectivity index (χ2v) is 8.58. The van der Waals surface area contributed by atoms with Crippen molar-refractivity contribution in [2.24, 2.45) is 5.92 Å². The number of benzene rings is 1. The molecule has 2 aliphatic heterocycles. The van der Waals surface area contributed by atoms with Crippen LogP contribution in [0.3, 0.4) is 0 Å². The van der Waals surface area contributed by atoms with Gasteiger partial charge in [-0.3, -0.25) is 0 Å². The van der Waals surface area contributed by atoms with Crippen LogP contribution in [0, 0.1) is 5.92 Å². The molecular formula is C22H36N2O2. The number of nitrogens with zero attached hydrogens (tertiary/aromatic N) is 2. The van der Waals surface area contributed by atoms with Crippen molar-refractivity contribution in [1.29, 1.82) is 0 Å². The molecule has 0 bridgehead atoms. The Morgan fingerprint density at radius 3 is 2.38 bits per heavy atom. The molecule has 2 aliphatic rings. The van der Waals surface area contributed by atoms with Gasteiger partial charge in [0.1, 0.15) is 5.75 Å². The predicted octanol–water partition coefficient (Wildman–Crippen LogP) is 3.41. The first-order valence-corrected chi connectivity index (χ1v) is 10.3. The summed E-state index contributed by atoms with van der Waals surface area (Å²) in [6.45, 7) is 9.56. The monoisotopic (exact) mass is 360 g/mol. The van der Waals surface area contributed by atoms with Crippen molar-refractivity contribution >= 4 is 0 Å². The molecule has 1 aromatic carbocycles. The van der Waals surface area contributed by atoms with E-state index in [4.69, 9.17) is 9.47 Å². The van der Waals surface area contributed by atoms with Crippen LogP contribution in [0.2, 0.25) is 0 Å². The Morgan fingerprint density at radius 1 is 1.12 bits per heavy atom. The smallest absolute Gasteiger partial charge is 0.119 e. The van der Waals surface area contributed by atoms with Crippen LogP contribution in [0.4, 0.5) is 0 Å². The largest absolute Gasteiger partial charge is 0.493 e. The minimum absolute atomic E-state index is 0.212. The summed E-state index contributed by atoms with van der Waals surface area (Å²) in [6.07, 6.45) is 4.90. The highest BCUT2D eigenvalue weighted by Gasteiger charge is 2.34. The normalized spacial score (nSPS) is 21.8. The molecule has 0 amide bonds. The number of hydrogen-bond donors (Lipinski definition) is 0. The zero-order valence-electron chi connectivity index (χ0n) is 16.9. The summed E-state index contributed by atoms with van der Waals surface area (Å²) in [5, 5.41) is 0. The fourth-order valence-corrected chi connectivity index (χ4v) is 4.51. The highest BCUT2D eigenvalue weighted by Crippen LogP contribution is 2.36. The number of likely N-dealkylation sites (N-methyl/N-ethyl adjacent to an activating group) is 1. The van der Waals surface area contributed by atoms with Crippen LogP contribution in [0.15, 0.2) is 24.3 Å². The maximum Gasteiger partial charge on any atom is 0.119 e. The van der Waals surface area contributed by atoms with Gasteiger partial charge in [0.25, 0.3) is 0 Å². The van der Waals surface area contributed by atoms with Crippen molar-refractivity contribution in [3.05, 3.63) is 29.8 Å². The molecule has 4 nitrogen and oxygen atoms in total. The Hall–Kier alpha value is -1.10. The van der Waals surface area contributed by atoms with Gasteiger partial charge >= 0.3 is 0 Å². The summed E-state index contributed by atoms with van der Waals surface area (Å²) < 4.78 is 11.7. The van der Waals surface area contributed by atoms with Crippen molar-refractivity contribution in [3.63, 3.8) is 0 Å². The Bertz CT molecular complexity index is 532. The first-order chi connectivity index (χ1) is 12.6. The molecule has 0 aromatic heterocycles. The highest BCUT2D eigenvalue weighted by molar-refractivity contribution is 5.33. The van der Waals surface area contributed by atoms with Gasteiger partial charge in [0.05, 0.1) is 6.61 Å². The van der Waals surface area contributed by atoms with Crippen LogP contribution in [-0.2, 0) is 10.2 Å². The Labute approximate surface area is 159 Å². The predicted molar refractivity (Wildman–Crippen MR) is 107 cm³/mol. The SMILES string of the molecule is CC(COc1ccc(C2(CN(C)C)CCOCC2)cc1)CN1CCCC1. The molecule has 1 unspecified atom stereocenters. The third-order valence-electron chi connectivity index (χ3n) is 5.84. The summed E-state index contributed by atoms with van der Waals surface area (Å²) in [5.74, 6) is 1.57. The Kier molecular flexibility index (Phi) is 6.96. The van der Waals surface area contributed by atoms with E-state index < -0.39 is 0 Å². The summed E-state index contributed by atoms with van der Waals surface area (Å²) in [7, 11) is 4.33. The second kappa shape index (κ2) is 9.20. The molecular weight excluding hydrogens is 324 g/mol. The minimum atomic E-state index is 0.212. The first-order valence-electron chi connectivity index (χ1n) is 10.3. The van der Waals surface area contributed by atoms with Gasteiger partial charge in [-0.1, -0.05) is 19.1 Å². The fraction of sp³-hybridized carbons (Fsp3) is 0.727. The summed E-state index contributed by atoms with van der Waals surface area (Å²) in [6, 6.07) is 8.86. The van der Waals surface area contributed by atoms with Gasteiger partial charge in [-0.25, -0.2) is 0 Å². The third kappa shape index (κ3) is 5.21. The molecule has 2 fully saturated rings. The lowest BCUT2D eigenvalue weighted by Gasteiger charge is -2.39. The molecule has 4 heteroatoms. The van der Waals surface area contributed by atoms with E-state index in [1.54, 1.807) is 0 Å². The summed E-state index contributed by atoms with van der Waals surface area (Å²) in [5.41, 5.74) is 1.63. The lowest BCUT2D eigenvalue weighted by Crippen LogP contribution is -2.42. The van der Waals surface area contributed by atoms with E-state index in [-0.39, 0.29) is 5.41 Å². The van der Waals surface area contributed by atoms with Gasteiger partial charge in [0.2, 0.25) is 0 Å². The molecule has 2 heterocycles. The molecule has 26 heavy (non-hydrogen) atoms. The number of likely N-dealkylation sites (tertiary alicyclic amines) is 1. The third-order valence-corrected chi connectivity index (χ3v) is 5.84. The molecule has 2 saturated heterocycles. The van der Waals surface area contributed by atoms with Gasteiger partial charge in [0, 0.05) is 37.6 Å². The maximum absolute atomic E-state index is 6.07. The lowest BCUT2D eigenvalue weighted by atomic mass is 9.74. The molecule has 1 aromatic rings. The Morgan fingerprint density at radius 2 is 1.77 bits per heavy atom. The summed E-state index contributed by atoms with van der Waals surface area (Å²) in [4.78, 5) is 4.86. The van der Waals surface area contributed by atoms with Crippen LogP contribution in [-0.4, -0.2) is 69.9 Å². The van der Waals surface area contributed by atoms with E-state index in [1.807, 2.05) is 0 Å². The number of ether oxygens (including phenoxy) is 2. The average Bonchev–Trinajstić information content (AvgIpc) is 3.13. The van der Waals surface area contributed by atoms with Crippen molar-refractivity contribution in [3.8, 4) is 5.75 Å². The second-order valence-electron chi connectivity index (χ2n) is 8.58. The van der Waals surface area contributed by atoms with Crippen LogP contribution in [0.25, 0.3) is 0 Å². The molecule has 0 spiro atoms. The fourth-order valence-electron chi connectivity index (χ4n) is 4.51. The molecule has 0 aliphatic carbocycles. The molecule has 3 rings (SSSR count). The van der Waals surface area contributed by atoms with Crippen molar-refractivity contribution < 1.29 is 9.47 Å². The van der Waals surface area contributed by atoms with E-state index in [9.17, 15) is 0 Å². The van der Waals surface area contributed by atoms with E-state index in [0.717, 1.165) is 51.5 Å². The van der Waals surface area contributed by atoms with Gasteiger partial charge in [0.15, 0.2) is 0 Å². The zero-order valence-corrected chi connectivity index (χ0v) is 16.9. The van der Waals surface area contributed by atoms with Gasteiger partial charge in [-0.15, -0.1) is 0 Å².